The van der Waals surface area contributed by atoms with Crippen LogP contribution >= 0.6 is 0 Å². The molecule has 144 valence electrons. The van der Waals surface area contributed by atoms with Gasteiger partial charge in [-0.25, -0.2) is 0 Å². The summed E-state index contributed by atoms with van der Waals surface area (Å²) >= 11 is 0. The Bertz CT molecular complexity index is 544. The Morgan fingerprint density at radius 2 is 1.77 bits per heavy atom. The summed E-state index contributed by atoms with van der Waals surface area (Å²) in [6, 6.07) is 0. The molecule has 4 heteroatoms. The van der Waals surface area contributed by atoms with Gasteiger partial charge < -0.3 is 14.9 Å². The average molecular weight is 360 g/mol. The van der Waals surface area contributed by atoms with Crippen LogP contribution in [-0.4, -0.2) is 34.5 Å². The summed E-state index contributed by atoms with van der Waals surface area (Å²) in [5.41, 5.74) is 0. The third kappa shape index (κ3) is 5.08. The highest BCUT2D eigenvalue weighted by atomic mass is 16.5. The van der Waals surface area contributed by atoms with Crippen LogP contribution < -0.4 is 0 Å². The van der Waals surface area contributed by atoms with Gasteiger partial charge in [-0.1, -0.05) is 55.7 Å². The molecule has 0 aromatic heterocycles. The summed E-state index contributed by atoms with van der Waals surface area (Å²) in [5, 5.41) is 19.1. The zero-order valence-electron chi connectivity index (χ0n) is 15.5. The van der Waals surface area contributed by atoms with Crippen molar-refractivity contribution >= 4 is 5.97 Å². The van der Waals surface area contributed by atoms with Crippen LogP contribution in [0.4, 0.5) is 0 Å². The third-order valence-corrected chi connectivity index (χ3v) is 6.23. The molecule has 3 fully saturated rings. The molecule has 4 nitrogen and oxygen atoms in total. The number of allylic oxidation sites excluding steroid dienone is 3. The van der Waals surface area contributed by atoms with Crippen molar-refractivity contribution in [1.82, 2.24) is 0 Å². The number of rotatable bonds is 8. The molecule has 0 aromatic carbocycles. The molecule has 0 spiro atoms. The van der Waals surface area contributed by atoms with Crippen LogP contribution in [0.25, 0.3) is 0 Å². The number of hydrogen-bond donors (Lipinski definition) is 2. The minimum absolute atomic E-state index is 0.0615. The van der Waals surface area contributed by atoms with E-state index in [2.05, 4.69) is 12.2 Å². The number of aliphatic hydroxyl groups excluding tert-OH is 1. The van der Waals surface area contributed by atoms with Crippen LogP contribution in [0.15, 0.2) is 36.5 Å². The SMILES string of the molecule is O=C(O)CC=CC=CC[C@H]1[C@@H](C=CC(O)C2CCCCC2)[C@H]2CC[C@@H]1O2. The molecule has 2 saturated heterocycles. The van der Waals surface area contributed by atoms with E-state index in [-0.39, 0.29) is 12.5 Å². The second-order valence-electron chi connectivity index (χ2n) is 7.99. The number of fused-ring (bicyclic) bond motifs is 2. The first-order valence-electron chi connectivity index (χ1n) is 10.2. The van der Waals surface area contributed by atoms with Crippen molar-refractivity contribution in [2.75, 3.05) is 0 Å². The van der Waals surface area contributed by atoms with Crippen molar-refractivity contribution < 1.29 is 19.7 Å². The first-order chi connectivity index (χ1) is 12.6. The molecular weight excluding hydrogens is 328 g/mol. The molecule has 1 aliphatic carbocycles. The molecule has 2 N–H and O–H groups in total. The minimum atomic E-state index is -0.808. The van der Waals surface area contributed by atoms with E-state index in [4.69, 9.17) is 9.84 Å². The standard InChI is InChI=1S/C22H32O4/c23-19(16-8-4-3-5-9-16)13-12-18-17(20-14-15-21(18)26-20)10-6-1-2-7-11-22(24)25/h1-2,6-7,12-13,16-21,23H,3-5,8-11,14-15H2,(H,24,25)/t17-,18+,19?,20-,21+/m0/s1. The highest BCUT2D eigenvalue weighted by molar-refractivity contribution is 5.68. The number of carboxylic acid groups (broad SMARTS) is 1. The van der Waals surface area contributed by atoms with E-state index in [9.17, 15) is 9.90 Å². The fraction of sp³-hybridized carbons (Fsp3) is 0.682. The zero-order valence-corrected chi connectivity index (χ0v) is 15.5. The molecule has 2 heterocycles. The summed E-state index contributed by atoms with van der Waals surface area (Å²) in [6.45, 7) is 0. The molecular formula is C22H32O4. The Morgan fingerprint density at radius 3 is 2.54 bits per heavy atom. The van der Waals surface area contributed by atoms with Crippen LogP contribution in [-0.2, 0) is 9.53 Å². The van der Waals surface area contributed by atoms with Gasteiger partial charge >= 0.3 is 5.97 Å². The van der Waals surface area contributed by atoms with Crippen molar-refractivity contribution in [2.24, 2.45) is 17.8 Å². The van der Waals surface area contributed by atoms with Crippen molar-refractivity contribution in [2.45, 2.75) is 76.1 Å². The van der Waals surface area contributed by atoms with E-state index in [1.807, 2.05) is 12.2 Å². The van der Waals surface area contributed by atoms with Gasteiger partial charge in [0.05, 0.1) is 24.7 Å². The molecule has 1 unspecified atom stereocenters. The van der Waals surface area contributed by atoms with Gasteiger partial charge in [0.15, 0.2) is 0 Å². The molecule has 2 aliphatic heterocycles. The van der Waals surface area contributed by atoms with Gasteiger partial charge in [0.25, 0.3) is 0 Å². The van der Waals surface area contributed by atoms with Crippen LogP contribution in [0, 0.1) is 17.8 Å². The van der Waals surface area contributed by atoms with E-state index in [0.717, 1.165) is 32.1 Å². The van der Waals surface area contributed by atoms with E-state index in [1.165, 1.54) is 19.3 Å². The lowest BCUT2D eigenvalue weighted by Gasteiger charge is -2.27. The average Bonchev–Trinajstić information content (AvgIpc) is 3.24. The number of carboxylic acids is 1. The minimum Gasteiger partial charge on any atom is -0.481 e. The first kappa shape index (κ1) is 19.4. The van der Waals surface area contributed by atoms with Gasteiger partial charge in [-0.15, -0.1) is 0 Å². The van der Waals surface area contributed by atoms with E-state index in [1.54, 1.807) is 12.2 Å². The molecule has 0 aromatic rings. The maximum atomic E-state index is 10.5. The Balaban J connectivity index is 1.53. The van der Waals surface area contributed by atoms with Crippen molar-refractivity contribution in [3.05, 3.63) is 36.5 Å². The van der Waals surface area contributed by atoms with E-state index >= 15 is 0 Å². The molecule has 3 rings (SSSR count). The summed E-state index contributed by atoms with van der Waals surface area (Å²) < 4.78 is 6.12. The van der Waals surface area contributed by atoms with Crippen LogP contribution in [0.5, 0.6) is 0 Å². The zero-order chi connectivity index (χ0) is 18.4. The van der Waals surface area contributed by atoms with Crippen LogP contribution in [0.1, 0.15) is 57.8 Å². The Kier molecular flexibility index (Phi) is 7.09. The number of carbonyl (C=O) groups is 1. The monoisotopic (exact) mass is 360 g/mol. The van der Waals surface area contributed by atoms with E-state index < -0.39 is 5.97 Å². The van der Waals surface area contributed by atoms with Gasteiger partial charge in [0, 0.05) is 5.92 Å². The lowest BCUT2D eigenvalue weighted by Crippen LogP contribution is -2.26. The van der Waals surface area contributed by atoms with Gasteiger partial charge in [-0.3, -0.25) is 4.79 Å². The lowest BCUT2D eigenvalue weighted by molar-refractivity contribution is -0.136. The predicted molar refractivity (Wildman–Crippen MR) is 102 cm³/mol. The molecule has 5 atom stereocenters. The van der Waals surface area contributed by atoms with Crippen molar-refractivity contribution in [3.8, 4) is 0 Å². The lowest BCUT2D eigenvalue weighted by atomic mass is 9.76. The summed E-state index contributed by atoms with van der Waals surface area (Å²) in [6.07, 6.45) is 21.4. The van der Waals surface area contributed by atoms with Crippen LogP contribution in [0.2, 0.25) is 0 Å². The summed E-state index contributed by atoms with van der Waals surface area (Å²) in [5.74, 6) is 0.474. The molecule has 3 aliphatic rings. The van der Waals surface area contributed by atoms with Crippen molar-refractivity contribution in [1.29, 1.82) is 0 Å². The Morgan fingerprint density at radius 1 is 1.04 bits per heavy atom. The predicted octanol–water partition coefficient (Wildman–Crippen LogP) is 4.25. The molecule has 26 heavy (non-hydrogen) atoms. The second-order valence-corrected chi connectivity index (χ2v) is 7.99. The number of aliphatic carboxylic acids is 1. The summed E-state index contributed by atoms with van der Waals surface area (Å²) in [4.78, 5) is 10.5. The van der Waals surface area contributed by atoms with Crippen molar-refractivity contribution in [3.63, 3.8) is 0 Å². The Labute approximate surface area is 156 Å². The number of hydrogen-bond acceptors (Lipinski definition) is 3. The molecule has 1 saturated carbocycles. The fourth-order valence-electron chi connectivity index (χ4n) is 4.82. The van der Waals surface area contributed by atoms with Gasteiger partial charge in [-0.05, 0) is 43.9 Å². The van der Waals surface area contributed by atoms with Gasteiger partial charge in [-0.2, -0.15) is 0 Å². The molecule has 2 bridgehead atoms. The fourth-order valence-corrected chi connectivity index (χ4v) is 4.82. The maximum absolute atomic E-state index is 10.5. The van der Waals surface area contributed by atoms with Gasteiger partial charge in [0.1, 0.15) is 0 Å². The first-order valence-corrected chi connectivity index (χ1v) is 10.2. The molecule has 0 radical (unpaired) electrons. The Hall–Kier alpha value is -1.39. The topological polar surface area (TPSA) is 66.8 Å². The quantitative estimate of drug-likeness (QED) is 0.501. The number of ether oxygens (including phenoxy) is 1. The maximum Gasteiger partial charge on any atom is 0.307 e. The van der Waals surface area contributed by atoms with E-state index in [0.29, 0.717) is 30.0 Å². The highest BCUT2D eigenvalue weighted by Crippen LogP contribution is 2.46. The largest absolute Gasteiger partial charge is 0.481 e. The smallest absolute Gasteiger partial charge is 0.307 e. The number of aliphatic hydroxyl groups is 1. The van der Waals surface area contributed by atoms with Gasteiger partial charge in [0.2, 0.25) is 0 Å². The third-order valence-electron chi connectivity index (χ3n) is 6.23. The second kappa shape index (κ2) is 9.52. The molecule has 0 amide bonds. The normalized spacial score (nSPS) is 33.7. The highest BCUT2D eigenvalue weighted by Gasteiger charge is 2.46. The van der Waals surface area contributed by atoms with Crippen LogP contribution in [0.3, 0.4) is 0 Å². The summed E-state index contributed by atoms with van der Waals surface area (Å²) in [7, 11) is 0.